The van der Waals surface area contributed by atoms with E-state index in [-0.39, 0.29) is 41.5 Å². The van der Waals surface area contributed by atoms with Crippen LogP contribution in [-0.4, -0.2) is 63.9 Å². The molecule has 2 heterocycles. The predicted molar refractivity (Wildman–Crippen MR) is 138 cm³/mol. The molecule has 0 radical (unpaired) electrons. The smallest absolute Gasteiger partial charge is 0.242 e. The van der Waals surface area contributed by atoms with Crippen molar-refractivity contribution in [3.63, 3.8) is 0 Å². The number of furan rings is 1. The van der Waals surface area contributed by atoms with Crippen LogP contribution in [-0.2, 0) is 16.6 Å². The first kappa shape index (κ1) is 26.6. The molecule has 8 nitrogen and oxygen atoms in total. The van der Waals surface area contributed by atoms with E-state index in [0.717, 1.165) is 18.8 Å². The standard InChI is InChI=1S/C22H33N5O3S.HI/c1-4-23-22(24-16-18-10-5-6-12-21(18)31(28,29)26(2)3)25-17-19(20-11-9-15-30-20)27-13-7-8-14-27;/h5-6,9-12,15,19H,4,7-8,13-14,16-17H2,1-3H3,(H2,23,24,25);1H. The van der Waals surface area contributed by atoms with Gasteiger partial charge in [-0.05, 0) is 56.6 Å². The van der Waals surface area contributed by atoms with Crippen molar-refractivity contribution in [2.75, 3.05) is 40.3 Å². The van der Waals surface area contributed by atoms with Crippen LogP contribution in [0.1, 0.15) is 37.1 Å². The molecule has 0 amide bonds. The first-order chi connectivity index (χ1) is 14.9. The second-order valence-electron chi connectivity index (χ2n) is 7.75. The highest BCUT2D eigenvalue weighted by Gasteiger charge is 2.26. The minimum atomic E-state index is -3.53. The van der Waals surface area contributed by atoms with Crippen LogP contribution < -0.4 is 10.6 Å². The van der Waals surface area contributed by atoms with Gasteiger partial charge in [0.1, 0.15) is 5.76 Å². The Morgan fingerprint density at radius 2 is 1.88 bits per heavy atom. The number of hydrogen-bond donors (Lipinski definition) is 2. The van der Waals surface area contributed by atoms with Crippen LogP contribution in [0.3, 0.4) is 0 Å². The number of aliphatic imine (C=N–C) groups is 1. The molecule has 1 aliphatic rings. The summed E-state index contributed by atoms with van der Waals surface area (Å²) in [6.07, 6.45) is 4.10. The molecule has 3 rings (SSSR count). The van der Waals surface area contributed by atoms with Crippen LogP contribution in [0.4, 0.5) is 0 Å². The van der Waals surface area contributed by atoms with Crippen molar-refractivity contribution in [1.29, 1.82) is 0 Å². The van der Waals surface area contributed by atoms with Gasteiger partial charge in [0.2, 0.25) is 10.0 Å². The van der Waals surface area contributed by atoms with E-state index in [4.69, 9.17) is 4.42 Å². The molecule has 1 aromatic heterocycles. The average Bonchev–Trinajstić information content (AvgIpc) is 3.47. The van der Waals surface area contributed by atoms with Crippen molar-refractivity contribution in [3.8, 4) is 0 Å². The molecule has 0 bridgehead atoms. The molecule has 2 aromatic rings. The topological polar surface area (TPSA) is 90.2 Å². The molecule has 0 saturated carbocycles. The minimum Gasteiger partial charge on any atom is -0.468 e. The summed E-state index contributed by atoms with van der Waals surface area (Å²) in [6.45, 7) is 5.72. The number of nitrogens with one attached hydrogen (secondary N) is 2. The maximum absolute atomic E-state index is 12.6. The van der Waals surface area contributed by atoms with Gasteiger partial charge in [0, 0.05) is 27.2 Å². The summed E-state index contributed by atoms with van der Waals surface area (Å²) in [6, 6.07) is 11.1. The molecular formula is C22H34IN5O3S. The van der Waals surface area contributed by atoms with E-state index in [1.165, 1.54) is 31.2 Å². The van der Waals surface area contributed by atoms with Crippen LogP contribution in [0.2, 0.25) is 0 Å². The van der Waals surface area contributed by atoms with Crippen LogP contribution in [0, 0.1) is 0 Å². The number of sulfonamides is 1. The number of likely N-dealkylation sites (tertiary alicyclic amines) is 1. The van der Waals surface area contributed by atoms with E-state index in [1.54, 1.807) is 24.5 Å². The molecule has 2 N–H and O–H groups in total. The summed E-state index contributed by atoms with van der Waals surface area (Å²) in [7, 11) is -0.458. The monoisotopic (exact) mass is 575 g/mol. The molecule has 1 fully saturated rings. The highest BCUT2D eigenvalue weighted by atomic mass is 127. The van der Waals surface area contributed by atoms with Crippen molar-refractivity contribution in [1.82, 2.24) is 19.8 Å². The Kier molecular flexibility index (Phi) is 10.5. The predicted octanol–water partition coefficient (Wildman–Crippen LogP) is 3.04. The van der Waals surface area contributed by atoms with Crippen molar-refractivity contribution >= 4 is 40.0 Å². The summed E-state index contributed by atoms with van der Waals surface area (Å²) in [4.78, 5) is 7.37. The summed E-state index contributed by atoms with van der Waals surface area (Å²) >= 11 is 0. The highest BCUT2D eigenvalue weighted by Crippen LogP contribution is 2.25. The van der Waals surface area contributed by atoms with Crippen LogP contribution in [0.5, 0.6) is 0 Å². The molecule has 178 valence electrons. The van der Waals surface area contributed by atoms with E-state index >= 15 is 0 Å². The lowest BCUT2D eigenvalue weighted by Gasteiger charge is -2.26. The van der Waals surface area contributed by atoms with Gasteiger partial charge in [-0.25, -0.2) is 17.7 Å². The third-order valence-electron chi connectivity index (χ3n) is 5.40. The number of halogens is 1. The molecule has 1 aliphatic heterocycles. The van der Waals surface area contributed by atoms with Crippen molar-refractivity contribution in [3.05, 3.63) is 54.0 Å². The maximum Gasteiger partial charge on any atom is 0.242 e. The maximum atomic E-state index is 12.6. The number of hydrogen-bond acceptors (Lipinski definition) is 5. The zero-order chi connectivity index (χ0) is 22.3. The number of guanidine groups is 1. The number of nitrogens with zero attached hydrogens (tertiary/aromatic N) is 3. The van der Waals surface area contributed by atoms with Crippen LogP contribution >= 0.6 is 24.0 Å². The van der Waals surface area contributed by atoms with Crippen molar-refractivity contribution < 1.29 is 12.8 Å². The number of benzene rings is 1. The van der Waals surface area contributed by atoms with Gasteiger partial charge in [-0.3, -0.25) is 4.90 Å². The molecular weight excluding hydrogens is 541 g/mol. The summed E-state index contributed by atoms with van der Waals surface area (Å²) in [5.41, 5.74) is 0.663. The molecule has 1 saturated heterocycles. The highest BCUT2D eigenvalue weighted by molar-refractivity contribution is 14.0. The van der Waals surface area contributed by atoms with Gasteiger partial charge < -0.3 is 15.1 Å². The fourth-order valence-corrected chi connectivity index (χ4v) is 4.83. The van der Waals surface area contributed by atoms with E-state index < -0.39 is 10.0 Å². The molecule has 32 heavy (non-hydrogen) atoms. The van der Waals surface area contributed by atoms with Gasteiger partial charge in [-0.2, -0.15) is 0 Å². The van der Waals surface area contributed by atoms with E-state index in [9.17, 15) is 8.42 Å². The largest absolute Gasteiger partial charge is 0.468 e. The van der Waals surface area contributed by atoms with E-state index in [2.05, 4.69) is 20.5 Å². The Labute approximate surface area is 208 Å². The van der Waals surface area contributed by atoms with Crippen molar-refractivity contribution in [2.45, 2.75) is 37.2 Å². The molecule has 10 heteroatoms. The average molecular weight is 576 g/mol. The van der Waals surface area contributed by atoms with Crippen LogP contribution in [0.25, 0.3) is 0 Å². The molecule has 0 spiro atoms. The minimum absolute atomic E-state index is 0. The van der Waals surface area contributed by atoms with Crippen LogP contribution in [0.15, 0.2) is 57.0 Å². The SMILES string of the molecule is CCNC(=NCc1ccccc1S(=O)(=O)N(C)C)NCC(c1ccco1)N1CCCC1.I. The second-order valence-corrected chi connectivity index (χ2v) is 9.87. The summed E-state index contributed by atoms with van der Waals surface area (Å²) in [5, 5.41) is 6.67. The molecule has 1 aromatic carbocycles. The Hall–Kier alpha value is -1.63. The van der Waals surface area contributed by atoms with Gasteiger partial charge in [0.15, 0.2) is 5.96 Å². The fourth-order valence-electron chi connectivity index (χ4n) is 3.73. The van der Waals surface area contributed by atoms with Crippen molar-refractivity contribution in [2.24, 2.45) is 4.99 Å². The Morgan fingerprint density at radius 3 is 2.50 bits per heavy atom. The molecule has 1 atom stereocenters. The second kappa shape index (κ2) is 12.6. The first-order valence-corrected chi connectivity index (χ1v) is 12.2. The third kappa shape index (κ3) is 6.69. The zero-order valence-corrected chi connectivity index (χ0v) is 22.1. The Balaban J connectivity index is 0.00000363. The lowest BCUT2D eigenvalue weighted by atomic mass is 10.2. The third-order valence-corrected chi connectivity index (χ3v) is 7.31. The first-order valence-electron chi connectivity index (χ1n) is 10.7. The Morgan fingerprint density at radius 1 is 1.16 bits per heavy atom. The number of rotatable bonds is 9. The van der Waals surface area contributed by atoms with Gasteiger partial charge in [0.05, 0.1) is 23.7 Å². The molecule has 1 unspecified atom stereocenters. The summed E-state index contributed by atoms with van der Waals surface area (Å²) in [5.74, 6) is 1.59. The quantitative estimate of drug-likeness (QED) is 0.272. The lowest BCUT2D eigenvalue weighted by molar-refractivity contribution is 0.215. The fraction of sp³-hybridized carbons (Fsp3) is 0.500. The zero-order valence-electron chi connectivity index (χ0n) is 19.0. The summed E-state index contributed by atoms with van der Waals surface area (Å²) < 4.78 is 32.2. The lowest BCUT2D eigenvalue weighted by Crippen LogP contribution is -2.42. The van der Waals surface area contributed by atoms with Gasteiger partial charge >= 0.3 is 0 Å². The van der Waals surface area contributed by atoms with Gasteiger partial charge in [-0.1, -0.05) is 18.2 Å². The van der Waals surface area contributed by atoms with E-state index in [0.29, 0.717) is 24.6 Å². The van der Waals surface area contributed by atoms with Gasteiger partial charge in [0.25, 0.3) is 0 Å². The van der Waals surface area contributed by atoms with Gasteiger partial charge in [-0.15, -0.1) is 24.0 Å². The Bertz CT molecular complexity index is 958. The van der Waals surface area contributed by atoms with E-state index in [1.807, 2.05) is 25.1 Å². The molecule has 0 aliphatic carbocycles. The normalized spacial score (nSPS) is 16.1.